The Hall–Kier alpha value is -2.95. The van der Waals surface area contributed by atoms with Gasteiger partial charge in [0.15, 0.2) is 10.8 Å². The summed E-state index contributed by atoms with van der Waals surface area (Å²) < 4.78 is 1.63. The van der Waals surface area contributed by atoms with E-state index in [1.165, 1.54) is 23.5 Å². The molecule has 0 aliphatic carbocycles. The molecule has 0 spiro atoms. The Labute approximate surface area is 172 Å². The van der Waals surface area contributed by atoms with E-state index < -0.39 is 0 Å². The molecule has 3 aromatic heterocycles. The molecule has 4 aromatic rings. The lowest BCUT2D eigenvalue weighted by Gasteiger charge is -1.95. The summed E-state index contributed by atoms with van der Waals surface area (Å²) in [6.07, 6.45) is 1.66. The Kier molecular flexibility index (Phi) is 5.24. The van der Waals surface area contributed by atoms with E-state index in [0.717, 1.165) is 4.88 Å². The molecule has 0 bridgehead atoms. The molecule has 0 radical (unpaired) electrons. The number of rotatable bonds is 5. The van der Waals surface area contributed by atoms with E-state index in [9.17, 15) is 5.11 Å². The van der Waals surface area contributed by atoms with Crippen LogP contribution in [0.3, 0.4) is 0 Å². The van der Waals surface area contributed by atoms with Crippen molar-refractivity contribution in [2.24, 2.45) is 27.5 Å². The molecule has 11 heteroatoms. The van der Waals surface area contributed by atoms with Crippen molar-refractivity contribution in [3.8, 4) is 16.3 Å². The number of thiophene rings is 1. The number of benzene rings is 1. The number of thiazole rings is 1. The van der Waals surface area contributed by atoms with Crippen molar-refractivity contribution < 1.29 is 5.11 Å². The molecule has 0 saturated carbocycles. The molecule has 28 heavy (non-hydrogen) atoms. The normalized spacial score (nSPS) is 11.8. The van der Waals surface area contributed by atoms with E-state index in [0.29, 0.717) is 27.3 Å². The number of aromatic nitrogens is 3. The minimum Gasteiger partial charge on any atom is -0.506 e. The number of aromatic hydroxyl groups is 1. The summed E-state index contributed by atoms with van der Waals surface area (Å²) in [6.45, 7) is 0. The van der Waals surface area contributed by atoms with Crippen molar-refractivity contribution in [1.29, 1.82) is 0 Å². The average molecular weight is 430 g/mol. The highest BCUT2D eigenvalue weighted by Crippen LogP contribution is 2.42. The summed E-state index contributed by atoms with van der Waals surface area (Å²) in [4.78, 5) is 5.50. The smallest absolute Gasteiger partial charge is 0.232 e. The van der Waals surface area contributed by atoms with Gasteiger partial charge in [-0.05, 0) is 29.6 Å². The lowest BCUT2D eigenvalue weighted by molar-refractivity contribution is 0.475. The minimum atomic E-state index is -0.00675. The highest BCUT2D eigenvalue weighted by molar-refractivity contribution is 7.20. The third-order valence-electron chi connectivity index (χ3n) is 3.57. The quantitative estimate of drug-likeness (QED) is 0.353. The maximum absolute atomic E-state index is 9.49. The van der Waals surface area contributed by atoms with Gasteiger partial charge in [0, 0.05) is 13.1 Å². The Morgan fingerprint density at radius 1 is 1.11 bits per heavy atom. The van der Waals surface area contributed by atoms with Gasteiger partial charge in [0.2, 0.25) is 5.13 Å². The number of azo groups is 2. The molecule has 0 atom stereocenters. The van der Waals surface area contributed by atoms with Gasteiger partial charge >= 0.3 is 0 Å². The summed E-state index contributed by atoms with van der Waals surface area (Å²) in [5.74, 6) is 0.625. The number of phenolic OH excluding ortho intramolecular Hbond substituents is 1. The van der Waals surface area contributed by atoms with Crippen LogP contribution >= 0.6 is 34.3 Å². The number of nitrogens with zero attached hydrogens (tertiary/aromatic N) is 7. The fourth-order valence-electron chi connectivity index (χ4n) is 2.21. The van der Waals surface area contributed by atoms with Crippen molar-refractivity contribution in [3.63, 3.8) is 0 Å². The number of halogens is 1. The first-order chi connectivity index (χ1) is 13.6. The summed E-state index contributed by atoms with van der Waals surface area (Å²) in [6, 6.07) is 10.3. The van der Waals surface area contributed by atoms with Gasteiger partial charge < -0.3 is 5.11 Å². The van der Waals surface area contributed by atoms with Crippen LogP contribution < -0.4 is 0 Å². The van der Waals surface area contributed by atoms with Crippen LogP contribution in [0.4, 0.5) is 21.6 Å². The molecule has 0 amide bonds. The van der Waals surface area contributed by atoms with Crippen molar-refractivity contribution in [3.05, 3.63) is 53.0 Å². The van der Waals surface area contributed by atoms with E-state index in [1.807, 2.05) is 17.5 Å². The number of phenols is 1. The van der Waals surface area contributed by atoms with Crippen molar-refractivity contribution >= 4 is 55.9 Å². The van der Waals surface area contributed by atoms with Gasteiger partial charge in [-0.3, -0.25) is 0 Å². The summed E-state index contributed by atoms with van der Waals surface area (Å²) in [5.41, 5.74) is 1.21. The predicted octanol–water partition coefficient (Wildman–Crippen LogP) is 6.79. The highest BCUT2D eigenvalue weighted by atomic mass is 35.5. The van der Waals surface area contributed by atoms with E-state index in [1.54, 1.807) is 41.4 Å². The van der Waals surface area contributed by atoms with E-state index in [-0.39, 0.29) is 10.8 Å². The molecule has 0 aliphatic heterocycles. The molecule has 0 unspecified atom stereocenters. The van der Waals surface area contributed by atoms with Crippen LogP contribution in [-0.2, 0) is 7.05 Å². The first-order valence-corrected chi connectivity index (χ1v) is 10.0. The lowest BCUT2D eigenvalue weighted by atomic mass is 10.3. The third-order valence-corrected chi connectivity index (χ3v) is 5.58. The predicted molar refractivity (Wildman–Crippen MR) is 110 cm³/mol. The Balaban J connectivity index is 1.67. The van der Waals surface area contributed by atoms with Crippen LogP contribution in [-0.4, -0.2) is 19.9 Å². The third kappa shape index (κ3) is 3.98. The zero-order chi connectivity index (χ0) is 19.5. The van der Waals surface area contributed by atoms with Gasteiger partial charge in [0.25, 0.3) is 0 Å². The maximum atomic E-state index is 9.49. The Morgan fingerprint density at radius 3 is 2.71 bits per heavy atom. The first-order valence-electron chi connectivity index (χ1n) is 7.95. The monoisotopic (exact) mass is 429 g/mol. The van der Waals surface area contributed by atoms with Crippen molar-refractivity contribution in [2.45, 2.75) is 0 Å². The molecule has 0 fully saturated rings. The minimum absolute atomic E-state index is 0.00675. The summed E-state index contributed by atoms with van der Waals surface area (Å²) >= 11 is 8.73. The van der Waals surface area contributed by atoms with Crippen LogP contribution in [0.5, 0.6) is 5.75 Å². The molecule has 8 nitrogen and oxygen atoms in total. The lowest BCUT2D eigenvalue weighted by Crippen LogP contribution is -1.86. The van der Waals surface area contributed by atoms with Crippen LogP contribution in [0.15, 0.2) is 68.4 Å². The van der Waals surface area contributed by atoms with Gasteiger partial charge in [-0.2, -0.15) is 5.10 Å². The molecular weight excluding hydrogens is 418 g/mol. The van der Waals surface area contributed by atoms with Crippen LogP contribution in [0.25, 0.3) is 10.6 Å². The molecular formula is C17H12ClN7OS2. The van der Waals surface area contributed by atoms with E-state index in [4.69, 9.17) is 11.6 Å². The molecule has 4 rings (SSSR count). The van der Waals surface area contributed by atoms with Gasteiger partial charge in [-0.25, -0.2) is 9.67 Å². The largest absolute Gasteiger partial charge is 0.506 e. The molecule has 0 saturated heterocycles. The van der Waals surface area contributed by atoms with Gasteiger partial charge in [0.1, 0.15) is 11.4 Å². The average Bonchev–Trinajstić information content (AvgIpc) is 3.42. The zero-order valence-electron chi connectivity index (χ0n) is 14.4. The highest BCUT2D eigenvalue weighted by Gasteiger charge is 2.14. The van der Waals surface area contributed by atoms with Crippen LogP contribution in [0, 0.1) is 0 Å². The fourth-order valence-corrected chi connectivity index (χ4v) is 3.89. The fraction of sp³-hybridized carbons (Fsp3) is 0.0588. The van der Waals surface area contributed by atoms with Gasteiger partial charge in [-0.15, -0.1) is 31.8 Å². The van der Waals surface area contributed by atoms with Crippen LogP contribution in [0.2, 0.25) is 5.02 Å². The number of hydrogen-bond acceptors (Lipinski definition) is 9. The first kappa shape index (κ1) is 18.4. The molecule has 1 N–H and O–H groups in total. The Bertz CT molecular complexity index is 1160. The van der Waals surface area contributed by atoms with Crippen LogP contribution in [0.1, 0.15) is 0 Å². The SMILES string of the molecule is Cn1nccc1/N=N/c1sc(N=Nc2ccc(O)c(Cl)c2)nc1-c1cccs1. The van der Waals surface area contributed by atoms with E-state index in [2.05, 4.69) is 30.5 Å². The molecule has 3 heterocycles. The molecule has 0 aliphatic rings. The topological polar surface area (TPSA) is 100 Å². The number of hydrogen-bond donors (Lipinski definition) is 1. The second-order valence-electron chi connectivity index (χ2n) is 5.48. The van der Waals surface area contributed by atoms with Crippen molar-refractivity contribution in [2.75, 3.05) is 0 Å². The Morgan fingerprint density at radius 2 is 2.00 bits per heavy atom. The standard InChI is InChI=1S/C17H12ClN7OS2/c1-25-14(6-7-19-25)22-23-16-15(13-3-2-8-27-13)20-17(28-16)24-21-10-4-5-12(26)11(18)9-10/h2-9,26H,1H3/b23-22+,24-21?. The molecule has 140 valence electrons. The summed E-state index contributed by atoms with van der Waals surface area (Å²) in [5, 5.41) is 33.7. The van der Waals surface area contributed by atoms with Crippen molar-refractivity contribution in [1.82, 2.24) is 14.8 Å². The second-order valence-corrected chi connectivity index (χ2v) is 7.79. The van der Waals surface area contributed by atoms with Gasteiger partial charge in [0.05, 0.1) is 21.8 Å². The number of aryl methyl sites for hydroxylation is 1. The second kappa shape index (κ2) is 7.97. The molecule has 1 aromatic carbocycles. The summed E-state index contributed by atoms with van der Waals surface area (Å²) in [7, 11) is 1.80. The zero-order valence-corrected chi connectivity index (χ0v) is 16.8. The van der Waals surface area contributed by atoms with E-state index >= 15 is 0 Å². The maximum Gasteiger partial charge on any atom is 0.232 e. The van der Waals surface area contributed by atoms with Gasteiger partial charge in [-0.1, -0.05) is 29.0 Å².